The molecule has 2 N–H and O–H groups in total. The molecule has 5 nitrogen and oxygen atoms in total. The van der Waals surface area contributed by atoms with Crippen LogP contribution in [0, 0.1) is 5.82 Å². The number of anilines is 1. The minimum Gasteiger partial charge on any atom is -0.309 e. The van der Waals surface area contributed by atoms with E-state index in [2.05, 4.69) is 20.6 Å². The van der Waals surface area contributed by atoms with Crippen molar-refractivity contribution in [2.75, 3.05) is 11.9 Å². The van der Waals surface area contributed by atoms with Crippen molar-refractivity contribution in [3.63, 3.8) is 0 Å². The number of pyridine rings is 1. The number of carbonyl (C=O) groups is 1. The first kappa shape index (κ1) is 14.5. The monoisotopic (exact) mass is 294 g/mol. The van der Waals surface area contributed by atoms with Crippen molar-refractivity contribution >= 4 is 22.4 Å². The van der Waals surface area contributed by atoms with Gasteiger partial charge in [-0.2, -0.15) is 0 Å². The fraction of sp³-hybridized carbons (Fsp3) is 0.308. The summed E-state index contributed by atoms with van der Waals surface area (Å²) in [7, 11) is 0. The van der Waals surface area contributed by atoms with Gasteiger partial charge in [-0.1, -0.05) is 6.92 Å². The second kappa shape index (κ2) is 6.53. The number of thiazole rings is 1. The summed E-state index contributed by atoms with van der Waals surface area (Å²) in [5.41, 5.74) is 0.804. The third-order valence-electron chi connectivity index (χ3n) is 2.71. The van der Waals surface area contributed by atoms with E-state index in [9.17, 15) is 9.18 Å². The Morgan fingerprint density at radius 2 is 2.35 bits per heavy atom. The number of hydrogen-bond donors (Lipinski definition) is 2. The van der Waals surface area contributed by atoms with Crippen molar-refractivity contribution in [3.8, 4) is 0 Å². The number of carbonyl (C=O) groups excluding carboxylic acids is 1. The van der Waals surface area contributed by atoms with Crippen LogP contribution < -0.4 is 10.6 Å². The van der Waals surface area contributed by atoms with E-state index < -0.39 is 11.7 Å². The summed E-state index contributed by atoms with van der Waals surface area (Å²) >= 11 is 1.31. The zero-order chi connectivity index (χ0) is 14.5. The van der Waals surface area contributed by atoms with Crippen LogP contribution in [0.4, 0.5) is 9.52 Å². The molecule has 0 aliphatic carbocycles. The van der Waals surface area contributed by atoms with Gasteiger partial charge in [-0.25, -0.2) is 9.37 Å². The molecule has 20 heavy (non-hydrogen) atoms. The molecule has 1 atom stereocenters. The standard InChI is InChI=1S/C13H15FN4OS/c1-3-16-8(2)11-7-20-13(17-11)18-12(19)9-4-5-15-6-10(9)14/h4-8,16H,3H2,1-2H3,(H,17,18,19). The highest BCUT2D eigenvalue weighted by molar-refractivity contribution is 7.14. The minimum absolute atomic E-state index is 0.0449. The Hall–Kier alpha value is -1.86. The maximum atomic E-state index is 13.4. The van der Waals surface area contributed by atoms with E-state index in [1.165, 1.54) is 23.6 Å². The highest BCUT2D eigenvalue weighted by Crippen LogP contribution is 2.21. The van der Waals surface area contributed by atoms with Crippen LogP contribution in [0.2, 0.25) is 0 Å². The van der Waals surface area contributed by atoms with E-state index in [-0.39, 0.29) is 11.6 Å². The number of hydrogen-bond acceptors (Lipinski definition) is 5. The molecule has 0 saturated heterocycles. The summed E-state index contributed by atoms with van der Waals surface area (Å²) in [6, 6.07) is 1.44. The molecular formula is C13H15FN4OS. The molecule has 0 aliphatic rings. The third-order valence-corrected chi connectivity index (χ3v) is 3.49. The van der Waals surface area contributed by atoms with Gasteiger partial charge in [-0.15, -0.1) is 11.3 Å². The number of nitrogens with one attached hydrogen (secondary N) is 2. The van der Waals surface area contributed by atoms with Gasteiger partial charge in [0.1, 0.15) is 0 Å². The maximum Gasteiger partial charge on any atom is 0.260 e. The van der Waals surface area contributed by atoms with Crippen molar-refractivity contribution in [1.82, 2.24) is 15.3 Å². The Morgan fingerprint density at radius 1 is 1.55 bits per heavy atom. The summed E-state index contributed by atoms with van der Waals surface area (Å²) < 4.78 is 13.4. The molecule has 0 radical (unpaired) electrons. The first-order chi connectivity index (χ1) is 9.61. The van der Waals surface area contributed by atoms with Crippen LogP contribution in [0.5, 0.6) is 0 Å². The molecule has 2 aromatic rings. The van der Waals surface area contributed by atoms with Crippen LogP contribution in [0.3, 0.4) is 0 Å². The van der Waals surface area contributed by atoms with Crippen molar-refractivity contribution in [1.29, 1.82) is 0 Å². The first-order valence-corrected chi connectivity index (χ1v) is 7.09. The Labute approximate surface area is 120 Å². The zero-order valence-electron chi connectivity index (χ0n) is 11.2. The largest absolute Gasteiger partial charge is 0.309 e. The SMILES string of the molecule is CCNC(C)c1csc(NC(=O)c2ccncc2F)n1. The molecule has 1 amide bonds. The number of rotatable bonds is 5. The zero-order valence-corrected chi connectivity index (χ0v) is 12.0. The third kappa shape index (κ3) is 3.37. The lowest BCUT2D eigenvalue weighted by Gasteiger charge is -2.08. The van der Waals surface area contributed by atoms with Crippen LogP contribution >= 0.6 is 11.3 Å². The molecule has 0 fully saturated rings. The fourth-order valence-corrected chi connectivity index (χ4v) is 2.48. The lowest BCUT2D eigenvalue weighted by atomic mass is 10.2. The fourth-order valence-electron chi connectivity index (χ4n) is 1.68. The second-order valence-corrected chi connectivity index (χ2v) is 5.02. The molecule has 1 unspecified atom stereocenters. The molecule has 2 aromatic heterocycles. The molecule has 106 valence electrons. The van der Waals surface area contributed by atoms with Gasteiger partial charge in [0.05, 0.1) is 17.5 Å². The lowest BCUT2D eigenvalue weighted by Crippen LogP contribution is -2.18. The molecule has 0 aliphatic heterocycles. The molecule has 2 rings (SSSR count). The number of aromatic nitrogens is 2. The van der Waals surface area contributed by atoms with Crippen molar-refractivity contribution in [2.24, 2.45) is 0 Å². The van der Waals surface area contributed by atoms with Crippen molar-refractivity contribution < 1.29 is 9.18 Å². The Balaban J connectivity index is 2.07. The quantitative estimate of drug-likeness (QED) is 0.889. The molecule has 0 spiro atoms. The Bertz CT molecular complexity index is 602. The van der Waals surface area contributed by atoms with Crippen LogP contribution in [0.25, 0.3) is 0 Å². The number of amides is 1. The highest BCUT2D eigenvalue weighted by atomic mass is 32.1. The molecular weight excluding hydrogens is 279 g/mol. The highest BCUT2D eigenvalue weighted by Gasteiger charge is 2.14. The summed E-state index contributed by atoms with van der Waals surface area (Å²) in [5, 5.41) is 8.14. The Kier molecular flexibility index (Phi) is 4.75. The molecule has 7 heteroatoms. The summed E-state index contributed by atoms with van der Waals surface area (Å²) in [6.07, 6.45) is 2.38. The topological polar surface area (TPSA) is 66.9 Å². The van der Waals surface area contributed by atoms with E-state index in [1.807, 2.05) is 19.2 Å². The maximum absolute atomic E-state index is 13.4. The minimum atomic E-state index is -0.650. The number of nitrogens with zero attached hydrogens (tertiary/aromatic N) is 2. The van der Waals surface area contributed by atoms with E-state index in [4.69, 9.17) is 0 Å². The molecule has 0 bridgehead atoms. The van der Waals surface area contributed by atoms with Gasteiger partial charge in [0.15, 0.2) is 10.9 Å². The van der Waals surface area contributed by atoms with E-state index in [0.29, 0.717) is 5.13 Å². The smallest absolute Gasteiger partial charge is 0.260 e. The van der Waals surface area contributed by atoms with E-state index in [0.717, 1.165) is 18.4 Å². The predicted molar refractivity (Wildman–Crippen MR) is 76.4 cm³/mol. The normalized spacial score (nSPS) is 12.2. The van der Waals surface area contributed by atoms with Crippen LogP contribution in [-0.2, 0) is 0 Å². The van der Waals surface area contributed by atoms with Crippen molar-refractivity contribution in [2.45, 2.75) is 19.9 Å². The van der Waals surface area contributed by atoms with Gasteiger partial charge in [0, 0.05) is 17.6 Å². The van der Waals surface area contributed by atoms with Gasteiger partial charge in [0.2, 0.25) is 0 Å². The van der Waals surface area contributed by atoms with Crippen LogP contribution in [0.1, 0.15) is 35.9 Å². The van der Waals surface area contributed by atoms with Crippen molar-refractivity contribution in [3.05, 3.63) is 40.9 Å². The van der Waals surface area contributed by atoms with Gasteiger partial charge in [0.25, 0.3) is 5.91 Å². The summed E-state index contributed by atoms with van der Waals surface area (Å²) in [5.74, 6) is -1.18. The first-order valence-electron chi connectivity index (χ1n) is 6.21. The molecule has 0 aromatic carbocycles. The van der Waals surface area contributed by atoms with E-state index in [1.54, 1.807) is 0 Å². The van der Waals surface area contributed by atoms with Gasteiger partial charge < -0.3 is 5.32 Å². The second-order valence-electron chi connectivity index (χ2n) is 4.17. The average molecular weight is 294 g/mol. The average Bonchev–Trinajstić information content (AvgIpc) is 2.88. The van der Waals surface area contributed by atoms with Crippen LogP contribution in [0.15, 0.2) is 23.8 Å². The van der Waals surface area contributed by atoms with Gasteiger partial charge in [-0.3, -0.25) is 15.1 Å². The molecule has 0 saturated carbocycles. The van der Waals surface area contributed by atoms with Crippen LogP contribution in [-0.4, -0.2) is 22.4 Å². The molecule has 2 heterocycles. The lowest BCUT2D eigenvalue weighted by molar-refractivity contribution is 0.102. The summed E-state index contributed by atoms with van der Waals surface area (Å²) in [6.45, 7) is 4.84. The van der Waals surface area contributed by atoms with Gasteiger partial charge >= 0.3 is 0 Å². The summed E-state index contributed by atoms with van der Waals surface area (Å²) in [4.78, 5) is 19.8. The van der Waals surface area contributed by atoms with E-state index >= 15 is 0 Å². The Morgan fingerprint density at radius 3 is 3.05 bits per heavy atom. The van der Waals surface area contributed by atoms with Gasteiger partial charge in [-0.05, 0) is 19.5 Å². The predicted octanol–water partition coefficient (Wildman–Crippen LogP) is 2.60. The number of halogens is 1.